The van der Waals surface area contributed by atoms with E-state index in [1.54, 1.807) is 58.9 Å². The predicted molar refractivity (Wildman–Crippen MR) is 201 cm³/mol. The number of carbonyl (C=O) groups excluding carboxylic acids is 1. The highest BCUT2D eigenvalue weighted by Crippen LogP contribution is 2.50. The van der Waals surface area contributed by atoms with Crippen LogP contribution in [0.25, 0.3) is 11.1 Å². The van der Waals surface area contributed by atoms with Gasteiger partial charge in [-0.2, -0.15) is 26.3 Å². The minimum atomic E-state index is -4.69. The Labute approximate surface area is 329 Å². The van der Waals surface area contributed by atoms with Crippen molar-refractivity contribution < 1.29 is 55.2 Å². The first-order valence-electron chi connectivity index (χ1n) is 17.0. The Balaban J connectivity index is 0.000000216. The number of hydrogen-bond acceptors (Lipinski definition) is 5. The molecule has 2 unspecified atom stereocenters. The first-order valence-corrected chi connectivity index (χ1v) is 17.8. The summed E-state index contributed by atoms with van der Waals surface area (Å²) < 4.78 is 99.8. The van der Waals surface area contributed by atoms with E-state index in [9.17, 15) is 35.9 Å². The minimum Gasteiger partial charge on any atom is -0.478 e. The third-order valence-corrected chi connectivity index (χ3v) is 9.53. The zero-order valence-corrected chi connectivity index (χ0v) is 32.2. The van der Waals surface area contributed by atoms with Crippen molar-refractivity contribution in [3.63, 3.8) is 0 Å². The maximum atomic E-state index is 14.1. The van der Waals surface area contributed by atoms with E-state index in [4.69, 9.17) is 42.5 Å². The molecule has 4 aromatic carbocycles. The molecule has 0 bridgehead atoms. The van der Waals surface area contributed by atoms with Gasteiger partial charge in [-0.25, -0.2) is 9.59 Å². The van der Waals surface area contributed by atoms with Gasteiger partial charge in [0.05, 0.1) is 24.3 Å². The third kappa shape index (κ3) is 8.83. The van der Waals surface area contributed by atoms with E-state index in [1.807, 2.05) is 0 Å². The fourth-order valence-corrected chi connectivity index (χ4v) is 6.71. The molecule has 4 aromatic rings. The quantitative estimate of drug-likeness (QED) is 0.154. The van der Waals surface area contributed by atoms with Crippen LogP contribution in [0, 0.1) is 13.8 Å². The summed E-state index contributed by atoms with van der Waals surface area (Å²) in [6.07, 6.45) is -7.24. The number of ether oxygens (including phenoxy) is 3. The second-order valence-electron chi connectivity index (χ2n) is 14.3. The number of esters is 1. The van der Waals surface area contributed by atoms with Gasteiger partial charge in [-0.1, -0.05) is 71.7 Å². The molecule has 0 spiro atoms. The molecule has 0 amide bonds. The molecule has 0 aromatic heterocycles. The summed E-state index contributed by atoms with van der Waals surface area (Å²) >= 11 is 11.8. The predicted octanol–water partition coefficient (Wildman–Crippen LogP) is 11.7. The summed E-state index contributed by atoms with van der Waals surface area (Å²) in [5, 5.41) is 9.46. The van der Waals surface area contributed by atoms with Gasteiger partial charge in [0.2, 0.25) is 11.2 Å². The normalized spacial score (nSPS) is 19.8. The summed E-state index contributed by atoms with van der Waals surface area (Å²) in [5.74, 6) is -1.57. The van der Waals surface area contributed by atoms with E-state index in [0.29, 0.717) is 39.0 Å². The van der Waals surface area contributed by atoms with E-state index >= 15 is 0 Å². The SMILES string of the molecule is Cc1cc(C2=CC(c3cccc(Cl)c3)(C(F)(F)F)OC2)ccc1C(=O)O.Cc1cc(C2=CC(c3cccc(Cl)c3)(C(F)(F)F)OC2)ccc1C(=O)OC(C)(C)C. The monoisotopic (exact) mass is 820 g/mol. The molecule has 0 fully saturated rings. The molecule has 296 valence electrons. The van der Waals surface area contributed by atoms with Gasteiger partial charge >= 0.3 is 24.3 Å². The zero-order chi connectivity index (χ0) is 41.4. The Bertz CT molecular complexity index is 2220. The van der Waals surface area contributed by atoms with Crippen molar-refractivity contribution in [2.75, 3.05) is 13.2 Å². The Morgan fingerprint density at radius 2 is 1.07 bits per heavy atom. The van der Waals surface area contributed by atoms with Gasteiger partial charge in [-0.3, -0.25) is 0 Å². The van der Waals surface area contributed by atoms with Crippen LogP contribution < -0.4 is 0 Å². The van der Waals surface area contributed by atoms with Crippen molar-refractivity contribution in [3.8, 4) is 0 Å². The fourth-order valence-electron chi connectivity index (χ4n) is 6.33. The molecule has 0 saturated carbocycles. The van der Waals surface area contributed by atoms with Crippen molar-refractivity contribution in [2.24, 2.45) is 0 Å². The van der Waals surface area contributed by atoms with Gasteiger partial charge in [0.1, 0.15) is 5.60 Å². The Morgan fingerprint density at radius 1 is 0.661 bits per heavy atom. The van der Waals surface area contributed by atoms with Crippen molar-refractivity contribution in [3.05, 3.63) is 152 Å². The molecular formula is C42H36Cl2F6O6. The number of aromatic carboxylic acids is 1. The van der Waals surface area contributed by atoms with Crippen LogP contribution in [-0.2, 0) is 25.4 Å². The molecule has 1 N–H and O–H groups in total. The standard InChI is InChI=1S/C23H22ClF3O3.C19H14ClF3O3/c1-14-10-15(8-9-19(14)20(28)30-21(2,3)4)16-12-22(29-13-16,23(25,26)27)17-6-5-7-18(24)11-17;1-11-7-12(5-6-16(11)17(24)25)13-9-18(26-10-13,19(21,22)23)14-3-2-4-15(20)8-14/h5-12H,13H2,1-4H3;2-9H,10H2,1H3,(H,24,25). The molecule has 14 heteroatoms. The average molecular weight is 822 g/mol. The van der Waals surface area contributed by atoms with Crippen LogP contribution >= 0.6 is 23.2 Å². The smallest absolute Gasteiger partial charge is 0.425 e. The summed E-state index contributed by atoms with van der Waals surface area (Å²) in [6, 6.07) is 20.3. The van der Waals surface area contributed by atoms with Gasteiger partial charge in [0.15, 0.2) is 0 Å². The van der Waals surface area contributed by atoms with E-state index in [0.717, 1.165) is 12.2 Å². The number of hydrogen-bond donors (Lipinski definition) is 1. The number of carbonyl (C=O) groups is 2. The maximum Gasteiger partial charge on any atom is 0.425 e. The number of alkyl halides is 6. The average Bonchev–Trinajstić information content (AvgIpc) is 3.75. The molecule has 2 aliphatic rings. The Kier molecular flexibility index (Phi) is 11.9. The highest BCUT2D eigenvalue weighted by atomic mass is 35.5. The van der Waals surface area contributed by atoms with Crippen molar-refractivity contribution in [1.29, 1.82) is 0 Å². The van der Waals surface area contributed by atoms with Gasteiger partial charge in [0, 0.05) is 10.0 Å². The van der Waals surface area contributed by atoms with Crippen molar-refractivity contribution in [2.45, 2.75) is 63.8 Å². The summed E-state index contributed by atoms with van der Waals surface area (Å²) in [6.45, 7) is 8.13. The maximum absolute atomic E-state index is 14.1. The molecule has 0 aliphatic carbocycles. The highest BCUT2D eigenvalue weighted by molar-refractivity contribution is 6.31. The topological polar surface area (TPSA) is 82.1 Å². The molecule has 2 atom stereocenters. The lowest BCUT2D eigenvalue weighted by Gasteiger charge is -2.30. The molecule has 56 heavy (non-hydrogen) atoms. The number of carboxylic acids is 1. The number of benzene rings is 4. The third-order valence-electron chi connectivity index (χ3n) is 9.06. The van der Waals surface area contributed by atoms with Gasteiger partial charge in [0.25, 0.3) is 0 Å². The largest absolute Gasteiger partial charge is 0.478 e. The summed E-state index contributed by atoms with van der Waals surface area (Å²) in [5.41, 5.74) is -2.72. The first kappa shape index (κ1) is 42.5. The van der Waals surface area contributed by atoms with E-state index < -0.39 is 41.1 Å². The second kappa shape index (κ2) is 15.7. The minimum absolute atomic E-state index is 0.0837. The van der Waals surface area contributed by atoms with Gasteiger partial charge in [-0.05, 0) is 128 Å². The van der Waals surface area contributed by atoms with Crippen LogP contribution in [0.5, 0.6) is 0 Å². The molecule has 2 aliphatic heterocycles. The van der Waals surface area contributed by atoms with Crippen molar-refractivity contribution in [1.82, 2.24) is 0 Å². The van der Waals surface area contributed by atoms with E-state index in [2.05, 4.69) is 0 Å². The van der Waals surface area contributed by atoms with Gasteiger partial charge < -0.3 is 19.3 Å². The summed E-state index contributed by atoms with van der Waals surface area (Å²) in [4.78, 5) is 23.4. The van der Waals surface area contributed by atoms with Crippen LogP contribution in [0.3, 0.4) is 0 Å². The number of rotatable bonds is 6. The Hall–Kier alpha value is -4.62. The summed E-state index contributed by atoms with van der Waals surface area (Å²) in [7, 11) is 0. The van der Waals surface area contributed by atoms with E-state index in [1.165, 1.54) is 60.7 Å². The first-order chi connectivity index (χ1) is 26.0. The second-order valence-corrected chi connectivity index (χ2v) is 15.1. The number of carboxylic acid groups (broad SMARTS) is 1. The van der Waals surface area contributed by atoms with Crippen LogP contribution in [-0.4, -0.2) is 48.2 Å². The molecular weight excluding hydrogens is 785 g/mol. The molecule has 2 heterocycles. The lowest BCUT2D eigenvalue weighted by molar-refractivity contribution is -0.254. The highest BCUT2D eigenvalue weighted by Gasteiger charge is 2.59. The molecule has 6 nitrogen and oxygen atoms in total. The zero-order valence-electron chi connectivity index (χ0n) is 30.7. The van der Waals surface area contributed by atoms with Crippen LogP contribution in [0.4, 0.5) is 26.3 Å². The van der Waals surface area contributed by atoms with Crippen LogP contribution in [0.2, 0.25) is 10.0 Å². The van der Waals surface area contributed by atoms with Crippen LogP contribution in [0.1, 0.15) is 74.9 Å². The Morgan fingerprint density at radius 3 is 1.41 bits per heavy atom. The molecule has 0 saturated heterocycles. The molecule has 6 rings (SSSR count). The lowest BCUT2D eigenvalue weighted by atomic mass is 9.90. The number of aryl methyl sites for hydroxylation is 2. The fraction of sp³-hybridized carbons (Fsp3) is 0.286. The number of halogens is 8. The van der Waals surface area contributed by atoms with Crippen molar-refractivity contribution >= 4 is 46.3 Å². The van der Waals surface area contributed by atoms with Crippen LogP contribution in [0.15, 0.2) is 97.1 Å². The van der Waals surface area contributed by atoms with E-state index in [-0.39, 0.29) is 39.9 Å². The molecule has 0 radical (unpaired) electrons. The lowest BCUT2D eigenvalue weighted by Crippen LogP contribution is -2.41. The van der Waals surface area contributed by atoms with Gasteiger partial charge in [-0.15, -0.1) is 0 Å².